The molecule has 0 saturated carbocycles. The smallest absolute Gasteiger partial charge is 0.279 e. The minimum atomic E-state index is -0.0313. The molecule has 1 saturated heterocycles. The first-order chi connectivity index (χ1) is 12.5. The number of methoxy groups -OCH3 is 1. The highest BCUT2D eigenvalue weighted by Crippen LogP contribution is 2.22. The van der Waals surface area contributed by atoms with Crippen LogP contribution in [0.4, 0.5) is 11.4 Å². The van der Waals surface area contributed by atoms with Gasteiger partial charge in [-0.1, -0.05) is 23.2 Å². The van der Waals surface area contributed by atoms with Crippen LogP contribution in [0.25, 0.3) is 0 Å². The van der Waals surface area contributed by atoms with Crippen molar-refractivity contribution < 1.29 is 14.4 Å². The quantitative estimate of drug-likeness (QED) is 0.817. The van der Waals surface area contributed by atoms with Gasteiger partial charge in [0.25, 0.3) is 5.91 Å². The molecule has 7 heteroatoms. The number of carbonyl (C=O) groups excluding carboxylic acids is 1. The number of hydrogen-bond acceptors (Lipinski definition) is 3. The molecule has 0 spiro atoms. The largest absolute Gasteiger partial charge is 0.497 e. The van der Waals surface area contributed by atoms with Crippen LogP contribution in [-0.4, -0.2) is 45.7 Å². The first kappa shape index (κ1) is 18.8. The Hall–Kier alpha value is -1.95. The normalized spacial score (nSPS) is 15.0. The van der Waals surface area contributed by atoms with E-state index in [1.807, 2.05) is 12.1 Å². The zero-order valence-electron chi connectivity index (χ0n) is 14.6. The lowest BCUT2D eigenvalue weighted by Crippen LogP contribution is -3.15. The number of rotatable bonds is 5. The monoisotopic (exact) mass is 394 g/mol. The molecule has 0 aromatic heterocycles. The first-order valence-electron chi connectivity index (χ1n) is 8.52. The van der Waals surface area contributed by atoms with Crippen molar-refractivity contribution in [3.63, 3.8) is 0 Å². The number of anilines is 2. The molecule has 1 aliphatic rings. The summed E-state index contributed by atoms with van der Waals surface area (Å²) in [5.41, 5.74) is 1.81. The first-order valence-corrected chi connectivity index (χ1v) is 9.27. The highest BCUT2D eigenvalue weighted by Gasteiger charge is 2.22. The van der Waals surface area contributed by atoms with Gasteiger partial charge in [0.15, 0.2) is 6.54 Å². The van der Waals surface area contributed by atoms with E-state index in [-0.39, 0.29) is 5.91 Å². The Morgan fingerprint density at radius 3 is 2.31 bits per heavy atom. The Balaban J connectivity index is 1.49. The molecule has 1 fully saturated rings. The molecule has 1 heterocycles. The molecule has 26 heavy (non-hydrogen) atoms. The van der Waals surface area contributed by atoms with Crippen LogP contribution in [0.1, 0.15) is 0 Å². The molecule has 0 atom stereocenters. The maximum absolute atomic E-state index is 12.3. The van der Waals surface area contributed by atoms with Crippen LogP contribution in [0.2, 0.25) is 10.0 Å². The van der Waals surface area contributed by atoms with Crippen LogP contribution in [0, 0.1) is 0 Å². The Bertz CT molecular complexity index is 740. The van der Waals surface area contributed by atoms with E-state index in [1.165, 1.54) is 10.6 Å². The van der Waals surface area contributed by atoms with Crippen molar-refractivity contribution in [2.45, 2.75) is 0 Å². The van der Waals surface area contributed by atoms with E-state index in [0.29, 0.717) is 22.3 Å². The van der Waals surface area contributed by atoms with Crippen LogP contribution < -0.4 is 19.9 Å². The number of nitrogens with one attached hydrogen (secondary N) is 2. The van der Waals surface area contributed by atoms with Crippen LogP contribution in [0.5, 0.6) is 5.75 Å². The van der Waals surface area contributed by atoms with Gasteiger partial charge in [-0.15, -0.1) is 0 Å². The van der Waals surface area contributed by atoms with E-state index in [1.54, 1.807) is 25.3 Å². The summed E-state index contributed by atoms with van der Waals surface area (Å²) in [7, 11) is 1.67. The predicted molar refractivity (Wildman–Crippen MR) is 106 cm³/mol. The lowest BCUT2D eigenvalue weighted by molar-refractivity contribution is -0.892. The third-order valence-corrected chi connectivity index (χ3v) is 4.90. The lowest BCUT2D eigenvalue weighted by Gasteiger charge is -2.33. The van der Waals surface area contributed by atoms with E-state index in [0.717, 1.165) is 31.9 Å². The Kier molecular flexibility index (Phi) is 6.25. The zero-order valence-corrected chi connectivity index (χ0v) is 16.1. The van der Waals surface area contributed by atoms with Crippen molar-refractivity contribution in [1.82, 2.24) is 0 Å². The number of hydrogen-bond donors (Lipinski definition) is 2. The summed E-state index contributed by atoms with van der Waals surface area (Å²) >= 11 is 11.9. The fraction of sp³-hybridized carbons (Fsp3) is 0.316. The average molecular weight is 395 g/mol. The number of carbonyl (C=O) groups is 1. The molecule has 5 nitrogen and oxygen atoms in total. The topological polar surface area (TPSA) is 46.0 Å². The van der Waals surface area contributed by atoms with Gasteiger partial charge in [-0.05, 0) is 42.5 Å². The van der Waals surface area contributed by atoms with Crippen molar-refractivity contribution in [1.29, 1.82) is 0 Å². The molecule has 138 valence electrons. The summed E-state index contributed by atoms with van der Waals surface area (Å²) < 4.78 is 5.20. The fourth-order valence-corrected chi connectivity index (χ4v) is 3.64. The maximum Gasteiger partial charge on any atom is 0.279 e. The van der Waals surface area contributed by atoms with Gasteiger partial charge in [0, 0.05) is 21.4 Å². The van der Waals surface area contributed by atoms with Gasteiger partial charge in [0.1, 0.15) is 5.75 Å². The zero-order chi connectivity index (χ0) is 18.5. The summed E-state index contributed by atoms with van der Waals surface area (Å²) in [5, 5.41) is 3.89. The summed E-state index contributed by atoms with van der Waals surface area (Å²) in [6.45, 7) is 4.09. The molecule has 3 rings (SSSR count). The SMILES string of the molecule is COc1ccc(N2CC[NH+](CC(=O)Nc3cc(Cl)cc(Cl)c3)CC2)cc1. The van der Waals surface area contributed by atoms with Crippen LogP contribution in [0.3, 0.4) is 0 Å². The minimum Gasteiger partial charge on any atom is -0.497 e. The fourth-order valence-electron chi connectivity index (χ4n) is 3.11. The molecule has 0 aliphatic carbocycles. The predicted octanol–water partition coefficient (Wildman–Crippen LogP) is 2.35. The molecule has 2 aromatic carbocycles. The highest BCUT2D eigenvalue weighted by atomic mass is 35.5. The van der Waals surface area contributed by atoms with Crippen molar-refractivity contribution in [2.75, 3.05) is 50.1 Å². The van der Waals surface area contributed by atoms with Gasteiger partial charge in [-0.2, -0.15) is 0 Å². The number of amides is 1. The Labute approximate surface area is 163 Å². The van der Waals surface area contributed by atoms with Crippen molar-refractivity contribution >= 4 is 40.5 Å². The van der Waals surface area contributed by atoms with Crippen molar-refractivity contribution in [2.24, 2.45) is 0 Å². The average Bonchev–Trinajstić information content (AvgIpc) is 2.61. The number of nitrogens with zero attached hydrogens (tertiary/aromatic N) is 1. The second-order valence-corrected chi connectivity index (χ2v) is 7.19. The summed E-state index contributed by atoms with van der Waals surface area (Å²) in [6.07, 6.45) is 0. The van der Waals surface area contributed by atoms with Gasteiger partial charge in [-0.3, -0.25) is 4.79 Å². The third kappa shape index (κ3) is 5.04. The van der Waals surface area contributed by atoms with Crippen LogP contribution in [0.15, 0.2) is 42.5 Å². The summed E-state index contributed by atoms with van der Waals surface area (Å²) in [6, 6.07) is 13.1. The van der Waals surface area contributed by atoms with Gasteiger partial charge in [0.2, 0.25) is 0 Å². The number of benzene rings is 2. The second kappa shape index (κ2) is 8.62. The third-order valence-electron chi connectivity index (χ3n) is 4.46. The molecule has 0 unspecified atom stereocenters. The molecule has 2 N–H and O–H groups in total. The molecular weight excluding hydrogens is 373 g/mol. The van der Waals surface area contributed by atoms with Crippen molar-refractivity contribution in [3.05, 3.63) is 52.5 Å². The summed E-state index contributed by atoms with van der Waals surface area (Å²) in [4.78, 5) is 15.9. The highest BCUT2D eigenvalue weighted by molar-refractivity contribution is 6.35. The van der Waals surface area contributed by atoms with Gasteiger partial charge >= 0.3 is 0 Å². The summed E-state index contributed by atoms with van der Waals surface area (Å²) in [5.74, 6) is 0.826. The van der Waals surface area contributed by atoms with E-state index < -0.39 is 0 Å². The van der Waals surface area contributed by atoms with E-state index in [9.17, 15) is 4.79 Å². The number of halogens is 2. The lowest BCUT2D eigenvalue weighted by atomic mass is 10.2. The minimum absolute atomic E-state index is 0.0313. The Morgan fingerprint density at radius 1 is 1.12 bits per heavy atom. The number of quaternary nitrogens is 1. The molecular formula is C19H22Cl2N3O2+. The molecule has 1 amide bonds. The molecule has 0 bridgehead atoms. The van der Waals surface area contributed by atoms with Crippen LogP contribution in [-0.2, 0) is 4.79 Å². The van der Waals surface area contributed by atoms with Gasteiger partial charge in [0.05, 0.1) is 33.3 Å². The van der Waals surface area contributed by atoms with Gasteiger partial charge < -0.3 is 19.9 Å². The Morgan fingerprint density at radius 2 is 1.73 bits per heavy atom. The maximum atomic E-state index is 12.3. The van der Waals surface area contributed by atoms with Crippen molar-refractivity contribution in [3.8, 4) is 5.75 Å². The number of ether oxygens (including phenoxy) is 1. The van der Waals surface area contributed by atoms with Gasteiger partial charge in [-0.25, -0.2) is 0 Å². The molecule has 0 radical (unpaired) electrons. The van der Waals surface area contributed by atoms with E-state index in [2.05, 4.69) is 22.3 Å². The van der Waals surface area contributed by atoms with E-state index in [4.69, 9.17) is 27.9 Å². The second-order valence-electron chi connectivity index (χ2n) is 6.32. The molecule has 2 aromatic rings. The molecule has 1 aliphatic heterocycles. The van der Waals surface area contributed by atoms with Crippen LogP contribution >= 0.6 is 23.2 Å². The van der Waals surface area contributed by atoms with E-state index >= 15 is 0 Å². The standard InChI is InChI=1S/C19H21Cl2N3O2/c1-26-18-4-2-17(3-5-18)24-8-6-23(7-9-24)13-19(25)22-16-11-14(20)10-15(21)12-16/h2-5,10-12H,6-9,13H2,1H3,(H,22,25)/p+1. The number of piperazine rings is 1.